The van der Waals surface area contributed by atoms with Crippen LogP contribution in [0.1, 0.15) is 45.9 Å². The highest BCUT2D eigenvalue weighted by Crippen LogP contribution is 2.40. The summed E-state index contributed by atoms with van der Waals surface area (Å²) in [6.07, 6.45) is 1.00. The van der Waals surface area contributed by atoms with Crippen LogP contribution in [0.4, 0.5) is 0 Å². The maximum atomic E-state index is 13.1. The van der Waals surface area contributed by atoms with Gasteiger partial charge in [0.2, 0.25) is 0 Å². The third-order valence-corrected chi connectivity index (χ3v) is 5.47. The Kier molecular flexibility index (Phi) is 5.59. The number of carboxylic acid groups (broad SMARTS) is 1. The molecule has 1 aliphatic heterocycles. The zero-order chi connectivity index (χ0) is 19.6. The SMILES string of the molecule is CCc1nnsc1C(=O)N1CCc2cc(OC)c(OC)cc2[C@@H]1CC(=O)O. The molecule has 1 aliphatic rings. The lowest BCUT2D eigenvalue weighted by molar-refractivity contribution is -0.138. The van der Waals surface area contributed by atoms with Crippen molar-refractivity contribution in [1.29, 1.82) is 0 Å². The number of carbonyl (C=O) groups excluding carboxylic acids is 1. The molecular formula is C18H21N3O5S. The average Bonchev–Trinajstić information content (AvgIpc) is 3.15. The number of ether oxygens (including phenoxy) is 2. The minimum absolute atomic E-state index is 0.193. The number of amides is 1. The molecule has 0 aliphatic carbocycles. The van der Waals surface area contributed by atoms with Gasteiger partial charge in [-0.1, -0.05) is 11.4 Å². The number of hydrogen-bond donors (Lipinski definition) is 1. The van der Waals surface area contributed by atoms with Crippen LogP contribution in [0.15, 0.2) is 12.1 Å². The van der Waals surface area contributed by atoms with Crippen molar-refractivity contribution in [2.45, 2.75) is 32.2 Å². The standard InChI is InChI=1S/C18H21N3O5S/c1-4-12-17(27-20-19-12)18(24)21-6-5-10-7-14(25-2)15(26-3)8-11(10)13(21)9-16(22)23/h7-8,13H,4-6,9H2,1-3H3,(H,22,23)/t13-/m0/s1. The Balaban J connectivity index is 2.04. The number of hydrogen-bond acceptors (Lipinski definition) is 7. The molecule has 0 spiro atoms. The Labute approximate surface area is 160 Å². The van der Waals surface area contributed by atoms with Crippen molar-refractivity contribution in [2.75, 3.05) is 20.8 Å². The van der Waals surface area contributed by atoms with Crippen molar-refractivity contribution in [3.63, 3.8) is 0 Å². The first-order valence-corrected chi connectivity index (χ1v) is 9.36. The minimum Gasteiger partial charge on any atom is -0.493 e. The molecule has 3 rings (SSSR count). The zero-order valence-electron chi connectivity index (χ0n) is 15.4. The molecule has 0 saturated heterocycles. The molecule has 1 aromatic carbocycles. The lowest BCUT2D eigenvalue weighted by Crippen LogP contribution is -2.41. The van der Waals surface area contributed by atoms with Crippen molar-refractivity contribution >= 4 is 23.4 Å². The summed E-state index contributed by atoms with van der Waals surface area (Å²) in [6, 6.07) is 3.04. The number of benzene rings is 1. The fraction of sp³-hybridized carbons (Fsp3) is 0.444. The van der Waals surface area contributed by atoms with E-state index in [0.717, 1.165) is 22.7 Å². The summed E-state index contributed by atoms with van der Waals surface area (Å²) >= 11 is 1.05. The van der Waals surface area contributed by atoms with Gasteiger partial charge in [0, 0.05) is 6.54 Å². The maximum absolute atomic E-state index is 13.1. The Morgan fingerprint density at radius 2 is 2.00 bits per heavy atom. The van der Waals surface area contributed by atoms with Gasteiger partial charge in [0.15, 0.2) is 11.5 Å². The van der Waals surface area contributed by atoms with Crippen LogP contribution in [-0.4, -0.2) is 52.2 Å². The highest BCUT2D eigenvalue weighted by atomic mass is 32.1. The second kappa shape index (κ2) is 7.91. The number of fused-ring (bicyclic) bond motifs is 1. The van der Waals surface area contributed by atoms with Crippen LogP contribution in [0.3, 0.4) is 0 Å². The second-order valence-electron chi connectivity index (χ2n) is 6.17. The van der Waals surface area contributed by atoms with Gasteiger partial charge in [-0.3, -0.25) is 9.59 Å². The largest absolute Gasteiger partial charge is 0.493 e. The molecule has 8 nitrogen and oxygen atoms in total. The topological polar surface area (TPSA) is 102 Å². The first-order chi connectivity index (χ1) is 13.0. The van der Waals surface area contributed by atoms with Gasteiger partial charge in [0.05, 0.1) is 32.4 Å². The molecule has 2 heterocycles. The highest BCUT2D eigenvalue weighted by molar-refractivity contribution is 7.08. The maximum Gasteiger partial charge on any atom is 0.305 e. The molecular weight excluding hydrogens is 370 g/mol. The van der Waals surface area contributed by atoms with Gasteiger partial charge in [0.1, 0.15) is 4.88 Å². The molecule has 1 N–H and O–H groups in total. The van der Waals surface area contributed by atoms with E-state index < -0.39 is 12.0 Å². The van der Waals surface area contributed by atoms with E-state index in [-0.39, 0.29) is 12.3 Å². The predicted octanol–water partition coefficient (Wildman–Crippen LogP) is 2.33. The Morgan fingerprint density at radius 1 is 1.30 bits per heavy atom. The number of methoxy groups -OCH3 is 2. The van der Waals surface area contributed by atoms with Crippen molar-refractivity contribution in [3.05, 3.63) is 33.8 Å². The number of aromatic nitrogens is 2. The smallest absolute Gasteiger partial charge is 0.305 e. The van der Waals surface area contributed by atoms with E-state index in [4.69, 9.17) is 9.47 Å². The summed E-state index contributed by atoms with van der Waals surface area (Å²) in [6.45, 7) is 2.32. The third kappa shape index (κ3) is 3.59. The van der Waals surface area contributed by atoms with Crippen molar-refractivity contribution < 1.29 is 24.2 Å². The lowest BCUT2D eigenvalue weighted by atomic mass is 9.89. The molecule has 0 fully saturated rings. The van der Waals surface area contributed by atoms with Gasteiger partial charge in [-0.25, -0.2) is 0 Å². The molecule has 0 bridgehead atoms. The van der Waals surface area contributed by atoms with E-state index >= 15 is 0 Å². The fourth-order valence-corrected chi connectivity index (χ4v) is 4.10. The highest BCUT2D eigenvalue weighted by Gasteiger charge is 2.35. The van der Waals surface area contributed by atoms with Gasteiger partial charge < -0.3 is 19.5 Å². The number of rotatable bonds is 6. The first-order valence-electron chi connectivity index (χ1n) is 8.58. The second-order valence-corrected chi connectivity index (χ2v) is 6.92. The average molecular weight is 391 g/mol. The quantitative estimate of drug-likeness (QED) is 0.806. The summed E-state index contributed by atoms with van der Waals surface area (Å²) in [5.74, 6) is -0.105. The molecule has 27 heavy (non-hydrogen) atoms. The lowest BCUT2D eigenvalue weighted by Gasteiger charge is -2.37. The number of carboxylic acids is 1. The summed E-state index contributed by atoms with van der Waals surface area (Å²) in [4.78, 5) is 26.7. The number of carbonyl (C=O) groups is 2. The summed E-state index contributed by atoms with van der Waals surface area (Å²) in [5.41, 5.74) is 2.36. The van der Waals surface area contributed by atoms with Crippen molar-refractivity contribution in [2.24, 2.45) is 0 Å². The van der Waals surface area contributed by atoms with Gasteiger partial charge in [-0.05, 0) is 47.6 Å². The van der Waals surface area contributed by atoms with E-state index in [1.807, 2.05) is 13.0 Å². The molecule has 144 valence electrons. The van der Waals surface area contributed by atoms with Crippen LogP contribution in [-0.2, 0) is 17.6 Å². The molecule has 0 saturated carbocycles. The molecule has 9 heteroatoms. The van der Waals surface area contributed by atoms with E-state index in [1.165, 1.54) is 7.11 Å². The van der Waals surface area contributed by atoms with Crippen molar-refractivity contribution in [1.82, 2.24) is 14.5 Å². The fourth-order valence-electron chi connectivity index (χ4n) is 3.39. The number of nitrogens with zero attached hydrogens (tertiary/aromatic N) is 3. The monoisotopic (exact) mass is 391 g/mol. The Bertz CT molecular complexity index is 867. The van der Waals surface area contributed by atoms with E-state index in [9.17, 15) is 14.7 Å². The molecule has 1 amide bonds. The van der Waals surface area contributed by atoms with Crippen LogP contribution in [0.5, 0.6) is 11.5 Å². The predicted molar refractivity (Wildman–Crippen MR) is 98.6 cm³/mol. The molecule has 0 unspecified atom stereocenters. The normalized spacial score (nSPS) is 16.0. The van der Waals surface area contributed by atoms with Crippen LogP contribution in [0.2, 0.25) is 0 Å². The molecule has 0 radical (unpaired) electrons. The van der Waals surface area contributed by atoms with Gasteiger partial charge in [0.25, 0.3) is 5.91 Å². The Morgan fingerprint density at radius 3 is 2.63 bits per heavy atom. The van der Waals surface area contributed by atoms with Gasteiger partial charge in [-0.2, -0.15) is 0 Å². The molecule has 1 aromatic heterocycles. The van der Waals surface area contributed by atoms with Gasteiger partial charge in [-0.15, -0.1) is 5.10 Å². The molecule has 2 aromatic rings. The minimum atomic E-state index is -0.974. The van der Waals surface area contributed by atoms with Crippen LogP contribution >= 0.6 is 11.5 Å². The molecule has 1 atom stereocenters. The van der Waals surface area contributed by atoms with Gasteiger partial charge >= 0.3 is 5.97 Å². The summed E-state index contributed by atoms with van der Waals surface area (Å²) in [7, 11) is 3.08. The third-order valence-electron chi connectivity index (χ3n) is 4.72. The summed E-state index contributed by atoms with van der Waals surface area (Å²) in [5, 5.41) is 13.4. The van der Waals surface area contributed by atoms with Crippen LogP contribution in [0.25, 0.3) is 0 Å². The van der Waals surface area contributed by atoms with E-state index in [1.54, 1.807) is 18.1 Å². The van der Waals surface area contributed by atoms with E-state index in [2.05, 4.69) is 9.59 Å². The number of aryl methyl sites for hydroxylation is 1. The van der Waals surface area contributed by atoms with Crippen molar-refractivity contribution in [3.8, 4) is 11.5 Å². The first kappa shape index (κ1) is 19.1. The van der Waals surface area contributed by atoms with Crippen LogP contribution in [0, 0.1) is 0 Å². The Hall–Kier alpha value is -2.68. The van der Waals surface area contributed by atoms with Crippen LogP contribution < -0.4 is 9.47 Å². The summed E-state index contributed by atoms with van der Waals surface area (Å²) < 4.78 is 14.6. The van der Waals surface area contributed by atoms with E-state index in [0.29, 0.717) is 41.5 Å². The number of aliphatic carboxylic acids is 1. The zero-order valence-corrected chi connectivity index (χ0v) is 16.2.